The number of aryl methyl sites for hydroxylation is 1. The highest BCUT2D eigenvalue weighted by molar-refractivity contribution is 6.12. The number of carbonyl (C=O) groups excluding carboxylic acids is 2. The van der Waals surface area contributed by atoms with E-state index in [1.54, 1.807) is 7.11 Å². The normalized spacial score (nSPS) is 28.5. The number of nitrogens with one attached hydrogen (secondary N) is 2. The molecule has 1 saturated carbocycles. The molecule has 2 unspecified atom stereocenters. The van der Waals surface area contributed by atoms with Crippen LogP contribution in [0.2, 0.25) is 0 Å². The number of rotatable bonds is 3. The summed E-state index contributed by atoms with van der Waals surface area (Å²) in [7, 11) is 1.54. The molecule has 4 atom stereocenters. The van der Waals surface area contributed by atoms with Crippen molar-refractivity contribution in [2.75, 3.05) is 20.3 Å². The summed E-state index contributed by atoms with van der Waals surface area (Å²) >= 11 is 0. The molecule has 1 aromatic carbocycles. The molecule has 2 N–H and O–H groups in total. The summed E-state index contributed by atoms with van der Waals surface area (Å²) in [6.07, 6.45) is 4.02. The minimum atomic E-state index is -0.467. The van der Waals surface area contributed by atoms with Crippen LogP contribution in [0.4, 0.5) is 0 Å². The summed E-state index contributed by atoms with van der Waals surface area (Å²) in [5.41, 5.74) is 3.91. The molecule has 30 heavy (non-hydrogen) atoms. The second-order valence-corrected chi connectivity index (χ2v) is 8.68. The predicted molar refractivity (Wildman–Crippen MR) is 114 cm³/mol. The predicted octanol–water partition coefficient (Wildman–Crippen LogP) is 2.50. The van der Waals surface area contributed by atoms with Crippen LogP contribution in [0, 0.1) is 12.8 Å². The fourth-order valence-corrected chi connectivity index (χ4v) is 5.58. The van der Waals surface area contributed by atoms with Gasteiger partial charge in [0.1, 0.15) is 12.5 Å². The Bertz CT molecular complexity index is 1030. The zero-order valence-electron chi connectivity index (χ0n) is 17.5. The number of amides is 2. The smallest absolute Gasteiger partial charge is 0.249 e. The van der Waals surface area contributed by atoms with Crippen molar-refractivity contribution >= 4 is 28.4 Å². The number of benzene rings is 1. The maximum absolute atomic E-state index is 13.4. The number of hydrogen-bond donors (Lipinski definition) is 2. The van der Waals surface area contributed by atoms with Crippen molar-refractivity contribution in [1.82, 2.24) is 15.2 Å². The molecule has 1 aliphatic carbocycles. The number of methoxy groups -OCH3 is 1. The monoisotopic (exact) mass is 408 g/mol. The SMILES string of the molecule is COCC(=O)N1C2CCCC[C@H]2N=C2CNC(=O)C2[C@H]1c1cccc2cc(C)[nH]c12. The van der Waals surface area contributed by atoms with Crippen LogP contribution in [-0.4, -0.2) is 59.8 Å². The van der Waals surface area contributed by atoms with Gasteiger partial charge in [-0.2, -0.15) is 0 Å². The van der Waals surface area contributed by atoms with Crippen LogP contribution in [0.3, 0.4) is 0 Å². The summed E-state index contributed by atoms with van der Waals surface area (Å²) in [5, 5.41) is 4.07. The lowest BCUT2D eigenvalue weighted by molar-refractivity contribution is -0.143. The number of fused-ring (bicyclic) bond motifs is 3. The maximum atomic E-state index is 13.4. The van der Waals surface area contributed by atoms with E-state index >= 15 is 0 Å². The Kier molecular flexibility index (Phi) is 4.85. The number of carbonyl (C=O) groups is 2. The van der Waals surface area contributed by atoms with Gasteiger partial charge in [0.15, 0.2) is 0 Å². The van der Waals surface area contributed by atoms with Crippen molar-refractivity contribution in [3.8, 4) is 0 Å². The fourth-order valence-electron chi connectivity index (χ4n) is 5.58. The first kappa shape index (κ1) is 19.3. The molecule has 2 fully saturated rings. The van der Waals surface area contributed by atoms with Gasteiger partial charge in [-0.25, -0.2) is 0 Å². The molecule has 158 valence electrons. The first-order chi connectivity index (χ1) is 14.6. The van der Waals surface area contributed by atoms with Crippen LogP contribution in [-0.2, 0) is 14.3 Å². The Hall–Kier alpha value is -2.67. The second-order valence-electron chi connectivity index (χ2n) is 8.68. The van der Waals surface area contributed by atoms with E-state index in [1.807, 2.05) is 24.0 Å². The van der Waals surface area contributed by atoms with E-state index in [2.05, 4.69) is 22.4 Å². The van der Waals surface area contributed by atoms with Crippen molar-refractivity contribution in [3.05, 3.63) is 35.5 Å². The van der Waals surface area contributed by atoms with Gasteiger partial charge in [-0.1, -0.05) is 31.0 Å². The van der Waals surface area contributed by atoms with E-state index in [-0.39, 0.29) is 30.5 Å². The van der Waals surface area contributed by atoms with Crippen molar-refractivity contribution in [3.63, 3.8) is 0 Å². The van der Waals surface area contributed by atoms with Gasteiger partial charge in [0.05, 0.1) is 30.2 Å². The number of H-pyrrole nitrogens is 1. The standard InChI is InChI=1S/C23H28N4O3/c1-13-10-14-6-5-7-15(21(14)25-13)22-20-17(11-24-23(20)29)26-16-8-3-4-9-18(16)27(22)19(28)12-30-2/h5-7,10,16,18,20,22,25H,3-4,8-9,11-12H2,1-2H3,(H,24,29)/t16-,18?,20?,22-/m1/s1. The molecule has 5 rings (SSSR count). The van der Waals surface area contributed by atoms with E-state index in [9.17, 15) is 9.59 Å². The maximum Gasteiger partial charge on any atom is 0.249 e. The van der Waals surface area contributed by atoms with Gasteiger partial charge in [0.25, 0.3) is 0 Å². The molecule has 2 aliphatic heterocycles. The van der Waals surface area contributed by atoms with Gasteiger partial charge in [-0.15, -0.1) is 0 Å². The highest BCUT2D eigenvalue weighted by Crippen LogP contribution is 2.43. The first-order valence-electron chi connectivity index (χ1n) is 10.8. The summed E-state index contributed by atoms with van der Waals surface area (Å²) < 4.78 is 5.25. The molecular weight excluding hydrogens is 380 g/mol. The number of aromatic amines is 1. The molecule has 0 bridgehead atoms. The third-order valence-corrected chi connectivity index (χ3v) is 6.78. The summed E-state index contributed by atoms with van der Waals surface area (Å²) in [5.74, 6) is -0.589. The minimum absolute atomic E-state index is 0.00310. The molecule has 0 radical (unpaired) electrons. The van der Waals surface area contributed by atoms with Crippen LogP contribution in [0.1, 0.15) is 43.0 Å². The van der Waals surface area contributed by atoms with Crippen molar-refractivity contribution in [2.45, 2.75) is 50.7 Å². The van der Waals surface area contributed by atoms with E-state index in [0.717, 1.165) is 53.6 Å². The van der Waals surface area contributed by atoms with Crippen molar-refractivity contribution < 1.29 is 14.3 Å². The number of hydrogen-bond acceptors (Lipinski definition) is 4. The van der Waals surface area contributed by atoms with Gasteiger partial charge in [0, 0.05) is 18.5 Å². The summed E-state index contributed by atoms with van der Waals surface area (Å²) in [6.45, 7) is 2.50. The minimum Gasteiger partial charge on any atom is -0.375 e. The second kappa shape index (κ2) is 7.54. The van der Waals surface area contributed by atoms with Crippen LogP contribution >= 0.6 is 0 Å². The molecular formula is C23H28N4O3. The topological polar surface area (TPSA) is 86.8 Å². The number of ether oxygens (including phenoxy) is 1. The highest BCUT2D eigenvalue weighted by atomic mass is 16.5. The molecule has 0 spiro atoms. The quantitative estimate of drug-likeness (QED) is 0.818. The fraction of sp³-hybridized carbons (Fsp3) is 0.522. The third-order valence-electron chi connectivity index (χ3n) is 6.78. The molecule has 7 nitrogen and oxygen atoms in total. The summed E-state index contributed by atoms with van der Waals surface area (Å²) in [6, 6.07) is 7.85. The molecule has 1 saturated heterocycles. The number of aliphatic imine (C=N–C) groups is 1. The average molecular weight is 409 g/mol. The van der Waals surface area contributed by atoms with Crippen LogP contribution < -0.4 is 5.32 Å². The lowest BCUT2D eigenvalue weighted by Gasteiger charge is -2.42. The highest BCUT2D eigenvalue weighted by Gasteiger charge is 2.50. The Morgan fingerprint density at radius 1 is 1.30 bits per heavy atom. The number of aromatic nitrogens is 1. The van der Waals surface area contributed by atoms with E-state index < -0.39 is 12.0 Å². The largest absolute Gasteiger partial charge is 0.375 e. The van der Waals surface area contributed by atoms with Gasteiger partial charge >= 0.3 is 0 Å². The Labute approximate surface area is 175 Å². The number of nitrogens with zero attached hydrogens (tertiary/aromatic N) is 2. The van der Waals surface area contributed by atoms with Crippen molar-refractivity contribution in [1.29, 1.82) is 0 Å². The molecule has 1 aromatic heterocycles. The Morgan fingerprint density at radius 3 is 2.97 bits per heavy atom. The third kappa shape index (κ3) is 3.03. The molecule has 3 heterocycles. The summed E-state index contributed by atoms with van der Waals surface area (Å²) in [4.78, 5) is 36.9. The lowest BCUT2D eigenvalue weighted by Crippen LogP contribution is -2.52. The van der Waals surface area contributed by atoms with E-state index in [4.69, 9.17) is 9.73 Å². The zero-order valence-corrected chi connectivity index (χ0v) is 17.5. The zero-order chi connectivity index (χ0) is 20.8. The van der Waals surface area contributed by atoms with Crippen LogP contribution in [0.25, 0.3) is 10.9 Å². The van der Waals surface area contributed by atoms with Crippen LogP contribution in [0.15, 0.2) is 29.3 Å². The van der Waals surface area contributed by atoms with Gasteiger partial charge < -0.3 is 19.9 Å². The van der Waals surface area contributed by atoms with Gasteiger partial charge in [-0.3, -0.25) is 14.6 Å². The van der Waals surface area contributed by atoms with E-state index in [1.165, 1.54) is 0 Å². The number of para-hydroxylation sites is 1. The Balaban J connectivity index is 1.73. The van der Waals surface area contributed by atoms with Crippen molar-refractivity contribution in [2.24, 2.45) is 10.9 Å². The molecule has 2 aromatic rings. The van der Waals surface area contributed by atoms with E-state index in [0.29, 0.717) is 6.54 Å². The van der Waals surface area contributed by atoms with Gasteiger partial charge in [0.2, 0.25) is 11.8 Å². The Morgan fingerprint density at radius 2 is 2.13 bits per heavy atom. The average Bonchev–Trinajstić information content (AvgIpc) is 3.24. The van der Waals surface area contributed by atoms with Crippen LogP contribution in [0.5, 0.6) is 0 Å². The molecule has 2 amide bonds. The molecule has 3 aliphatic rings. The molecule has 7 heteroatoms. The first-order valence-corrected chi connectivity index (χ1v) is 10.8. The van der Waals surface area contributed by atoms with Gasteiger partial charge in [-0.05, 0) is 36.8 Å². The lowest BCUT2D eigenvalue weighted by atomic mass is 9.85.